The van der Waals surface area contributed by atoms with Crippen molar-refractivity contribution in [3.63, 3.8) is 0 Å². The summed E-state index contributed by atoms with van der Waals surface area (Å²) < 4.78 is 11.8. The molecule has 0 radical (unpaired) electrons. The van der Waals surface area contributed by atoms with Gasteiger partial charge in [-0.3, -0.25) is 0 Å². The van der Waals surface area contributed by atoms with E-state index in [0.717, 1.165) is 22.6 Å². The number of methoxy groups -OCH3 is 1. The molecule has 0 amide bonds. The highest BCUT2D eigenvalue weighted by atomic mass is 79.9. The average Bonchev–Trinajstić information content (AvgIpc) is 2.82. The molecule has 0 aliphatic heterocycles. The first kappa shape index (κ1) is 14.2. The van der Waals surface area contributed by atoms with Gasteiger partial charge in [0.2, 0.25) is 0 Å². The van der Waals surface area contributed by atoms with Gasteiger partial charge in [0.1, 0.15) is 11.5 Å². The first-order valence-electron chi connectivity index (χ1n) is 6.20. The molecule has 4 heteroatoms. The third kappa shape index (κ3) is 3.39. The number of ether oxygens (including phenoxy) is 1. The molecular weight excluding hydrogens is 306 g/mol. The number of hydrogen-bond donors (Lipinski definition) is 1. The van der Waals surface area contributed by atoms with Crippen LogP contribution in [0.2, 0.25) is 0 Å². The molecule has 1 aromatic heterocycles. The van der Waals surface area contributed by atoms with Gasteiger partial charge in [0.15, 0.2) is 4.67 Å². The van der Waals surface area contributed by atoms with E-state index in [0.29, 0.717) is 0 Å². The minimum absolute atomic E-state index is 0.127. The lowest BCUT2D eigenvalue weighted by Crippen LogP contribution is -2.18. The number of likely N-dealkylation sites (N-methyl/N-ethyl adjacent to an activating group) is 1. The van der Waals surface area contributed by atoms with Crippen LogP contribution in [0.25, 0.3) is 0 Å². The number of furan rings is 1. The average molecular weight is 324 g/mol. The van der Waals surface area contributed by atoms with Gasteiger partial charge in [-0.1, -0.05) is 17.7 Å². The fourth-order valence-electron chi connectivity index (χ4n) is 2.15. The molecule has 0 saturated carbocycles. The standard InChI is InChI=1S/C15H18BrNO2/c1-10-4-5-13(18-3)11(8-10)9-12(17-2)14-6-7-15(16)19-14/h4-8,12,17H,9H2,1-3H3. The Balaban J connectivity index is 2.25. The van der Waals surface area contributed by atoms with Gasteiger partial charge in [0.25, 0.3) is 0 Å². The summed E-state index contributed by atoms with van der Waals surface area (Å²) >= 11 is 3.34. The molecule has 1 unspecified atom stereocenters. The van der Waals surface area contributed by atoms with E-state index in [1.54, 1.807) is 7.11 Å². The van der Waals surface area contributed by atoms with Gasteiger partial charge in [-0.25, -0.2) is 0 Å². The second-order valence-electron chi connectivity index (χ2n) is 4.50. The minimum atomic E-state index is 0.127. The maximum Gasteiger partial charge on any atom is 0.169 e. The molecular formula is C15H18BrNO2. The SMILES string of the molecule is CNC(Cc1cc(C)ccc1OC)c1ccc(Br)o1. The normalized spacial score (nSPS) is 12.4. The number of aryl methyl sites for hydroxylation is 1. The van der Waals surface area contributed by atoms with Crippen molar-refractivity contribution in [2.45, 2.75) is 19.4 Å². The van der Waals surface area contributed by atoms with E-state index in [4.69, 9.17) is 9.15 Å². The summed E-state index contributed by atoms with van der Waals surface area (Å²) in [5, 5.41) is 3.28. The zero-order valence-electron chi connectivity index (χ0n) is 11.4. The maximum absolute atomic E-state index is 5.63. The van der Waals surface area contributed by atoms with Gasteiger partial charge in [-0.15, -0.1) is 0 Å². The van der Waals surface area contributed by atoms with E-state index in [1.807, 2.05) is 25.2 Å². The Kier molecular flexibility index (Phi) is 4.66. The topological polar surface area (TPSA) is 34.4 Å². The van der Waals surface area contributed by atoms with Crippen molar-refractivity contribution in [1.82, 2.24) is 5.32 Å². The molecule has 1 N–H and O–H groups in total. The molecule has 1 heterocycles. The van der Waals surface area contributed by atoms with E-state index < -0.39 is 0 Å². The Morgan fingerprint density at radius 2 is 2.11 bits per heavy atom. The van der Waals surface area contributed by atoms with Crippen LogP contribution in [-0.2, 0) is 6.42 Å². The minimum Gasteiger partial charge on any atom is -0.496 e. The van der Waals surface area contributed by atoms with Gasteiger partial charge in [0, 0.05) is 0 Å². The first-order chi connectivity index (χ1) is 9.13. The molecule has 102 valence electrons. The third-order valence-corrected chi connectivity index (χ3v) is 3.57. The summed E-state index contributed by atoms with van der Waals surface area (Å²) in [6.45, 7) is 2.08. The maximum atomic E-state index is 5.63. The molecule has 2 rings (SSSR count). The van der Waals surface area contributed by atoms with Crippen LogP contribution in [0.3, 0.4) is 0 Å². The summed E-state index contributed by atoms with van der Waals surface area (Å²) in [6, 6.07) is 10.2. The van der Waals surface area contributed by atoms with Crippen LogP contribution in [0.5, 0.6) is 5.75 Å². The molecule has 1 atom stereocenters. The smallest absolute Gasteiger partial charge is 0.169 e. The lowest BCUT2D eigenvalue weighted by atomic mass is 10.0. The van der Waals surface area contributed by atoms with Crippen molar-refractivity contribution in [2.75, 3.05) is 14.2 Å². The highest BCUT2D eigenvalue weighted by Gasteiger charge is 2.16. The number of rotatable bonds is 5. The van der Waals surface area contributed by atoms with Gasteiger partial charge >= 0.3 is 0 Å². The summed E-state index contributed by atoms with van der Waals surface area (Å²) in [5.74, 6) is 1.83. The highest BCUT2D eigenvalue weighted by molar-refractivity contribution is 9.10. The van der Waals surface area contributed by atoms with Gasteiger partial charge < -0.3 is 14.5 Å². The molecule has 19 heavy (non-hydrogen) atoms. The zero-order valence-corrected chi connectivity index (χ0v) is 13.0. The van der Waals surface area contributed by atoms with Crippen LogP contribution in [0, 0.1) is 6.92 Å². The molecule has 0 aliphatic rings. The Morgan fingerprint density at radius 1 is 1.32 bits per heavy atom. The van der Waals surface area contributed by atoms with Crippen LogP contribution >= 0.6 is 15.9 Å². The van der Waals surface area contributed by atoms with Crippen molar-refractivity contribution in [1.29, 1.82) is 0 Å². The Morgan fingerprint density at radius 3 is 2.68 bits per heavy atom. The first-order valence-corrected chi connectivity index (χ1v) is 6.99. The quantitative estimate of drug-likeness (QED) is 0.907. The van der Waals surface area contributed by atoms with Gasteiger partial charge in [-0.05, 0) is 60.1 Å². The fourth-order valence-corrected chi connectivity index (χ4v) is 2.47. The van der Waals surface area contributed by atoms with Crippen LogP contribution in [0.1, 0.15) is 22.9 Å². The van der Waals surface area contributed by atoms with Crippen molar-refractivity contribution < 1.29 is 9.15 Å². The number of nitrogens with one attached hydrogen (secondary N) is 1. The lowest BCUT2D eigenvalue weighted by Gasteiger charge is -2.16. The molecule has 0 bridgehead atoms. The Bertz CT molecular complexity index is 551. The van der Waals surface area contributed by atoms with Crippen LogP contribution in [0.15, 0.2) is 39.4 Å². The van der Waals surface area contributed by atoms with Gasteiger partial charge in [0.05, 0.1) is 13.2 Å². The summed E-state index contributed by atoms with van der Waals surface area (Å²) in [6.07, 6.45) is 0.821. The summed E-state index contributed by atoms with van der Waals surface area (Å²) in [5.41, 5.74) is 2.40. The van der Waals surface area contributed by atoms with E-state index in [1.165, 1.54) is 11.1 Å². The van der Waals surface area contributed by atoms with E-state index >= 15 is 0 Å². The molecule has 0 spiro atoms. The molecule has 2 aromatic rings. The van der Waals surface area contributed by atoms with Crippen LogP contribution < -0.4 is 10.1 Å². The van der Waals surface area contributed by atoms with Crippen molar-refractivity contribution >= 4 is 15.9 Å². The van der Waals surface area contributed by atoms with Crippen LogP contribution in [0.4, 0.5) is 0 Å². The fraction of sp³-hybridized carbons (Fsp3) is 0.333. The summed E-state index contributed by atoms with van der Waals surface area (Å²) in [4.78, 5) is 0. The third-order valence-electron chi connectivity index (χ3n) is 3.15. The number of benzene rings is 1. The second kappa shape index (κ2) is 6.26. The second-order valence-corrected chi connectivity index (χ2v) is 5.28. The predicted molar refractivity (Wildman–Crippen MR) is 79.6 cm³/mol. The van der Waals surface area contributed by atoms with E-state index in [-0.39, 0.29) is 6.04 Å². The van der Waals surface area contributed by atoms with Crippen molar-refractivity contribution in [3.05, 3.63) is 51.9 Å². The summed E-state index contributed by atoms with van der Waals surface area (Å²) in [7, 11) is 3.63. The van der Waals surface area contributed by atoms with Crippen molar-refractivity contribution in [2.24, 2.45) is 0 Å². The Hall–Kier alpha value is -1.26. The molecule has 0 fully saturated rings. The molecule has 3 nitrogen and oxygen atoms in total. The predicted octanol–water partition coefficient (Wildman–Crippen LogP) is 3.86. The lowest BCUT2D eigenvalue weighted by molar-refractivity contribution is 0.393. The van der Waals surface area contributed by atoms with Gasteiger partial charge in [-0.2, -0.15) is 0 Å². The monoisotopic (exact) mass is 323 g/mol. The number of hydrogen-bond acceptors (Lipinski definition) is 3. The van der Waals surface area contributed by atoms with E-state index in [2.05, 4.69) is 40.3 Å². The Labute approximate surface area is 122 Å². The molecule has 1 aromatic carbocycles. The highest BCUT2D eigenvalue weighted by Crippen LogP contribution is 2.28. The van der Waals surface area contributed by atoms with Crippen molar-refractivity contribution in [3.8, 4) is 5.75 Å². The number of halogens is 1. The zero-order chi connectivity index (χ0) is 13.8. The molecule has 0 saturated heterocycles. The largest absolute Gasteiger partial charge is 0.496 e. The van der Waals surface area contributed by atoms with E-state index in [9.17, 15) is 0 Å². The van der Waals surface area contributed by atoms with Crippen LogP contribution in [-0.4, -0.2) is 14.2 Å². The molecule has 0 aliphatic carbocycles.